The zero-order chi connectivity index (χ0) is 13.6. The number of pyridine rings is 1. The van der Waals surface area contributed by atoms with Crippen molar-refractivity contribution in [3.05, 3.63) is 29.6 Å². The second-order valence-electron chi connectivity index (χ2n) is 6.42. The summed E-state index contributed by atoms with van der Waals surface area (Å²) in [6.07, 6.45) is 7.04. The Balaban J connectivity index is 1.89. The molecule has 102 valence electrons. The van der Waals surface area contributed by atoms with Gasteiger partial charge in [0, 0.05) is 18.3 Å². The number of fused-ring (bicyclic) bond motifs is 1. The van der Waals surface area contributed by atoms with Gasteiger partial charge >= 0.3 is 5.97 Å². The Morgan fingerprint density at radius 1 is 1.47 bits per heavy atom. The molecule has 19 heavy (non-hydrogen) atoms. The van der Waals surface area contributed by atoms with Crippen molar-refractivity contribution in [2.24, 2.45) is 11.8 Å². The van der Waals surface area contributed by atoms with Crippen LogP contribution in [0.3, 0.4) is 0 Å². The molecule has 1 aliphatic carbocycles. The minimum Gasteiger partial charge on any atom is -0.462 e. The summed E-state index contributed by atoms with van der Waals surface area (Å²) in [6, 6.07) is 2.12. The molecule has 4 atom stereocenters. The van der Waals surface area contributed by atoms with Gasteiger partial charge in [0.15, 0.2) is 0 Å². The van der Waals surface area contributed by atoms with Crippen LogP contribution in [0.5, 0.6) is 0 Å². The van der Waals surface area contributed by atoms with Gasteiger partial charge in [-0.1, -0.05) is 13.8 Å². The lowest BCUT2D eigenvalue weighted by Crippen LogP contribution is -2.38. The molecule has 2 aliphatic rings. The fourth-order valence-corrected chi connectivity index (χ4v) is 3.90. The van der Waals surface area contributed by atoms with Gasteiger partial charge in [-0.2, -0.15) is 0 Å². The lowest BCUT2D eigenvalue weighted by molar-refractivity contribution is -0.144. The molecule has 2 fully saturated rings. The molecule has 3 unspecified atom stereocenters. The van der Waals surface area contributed by atoms with Crippen LogP contribution >= 0.6 is 0 Å². The fourth-order valence-electron chi connectivity index (χ4n) is 3.90. The number of aryl methyl sites for hydroxylation is 1. The van der Waals surface area contributed by atoms with Crippen molar-refractivity contribution in [3.63, 3.8) is 0 Å². The van der Waals surface area contributed by atoms with Crippen molar-refractivity contribution in [3.8, 4) is 0 Å². The number of hydrogen-bond donors (Lipinski definition) is 0. The molecule has 2 heterocycles. The SMILES string of the molecule is Cc1cnccc1C1(C)CCC2C(C1)OC(=O)[C@H]2C. The van der Waals surface area contributed by atoms with Gasteiger partial charge in [0.05, 0.1) is 5.92 Å². The van der Waals surface area contributed by atoms with Crippen LogP contribution in [0.15, 0.2) is 18.5 Å². The third-order valence-corrected chi connectivity index (χ3v) is 5.11. The molecular weight excluding hydrogens is 238 g/mol. The Hall–Kier alpha value is -1.38. The van der Waals surface area contributed by atoms with E-state index < -0.39 is 0 Å². The van der Waals surface area contributed by atoms with Crippen LogP contribution in [0.2, 0.25) is 0 Å². The van der Waals surface area contributed by atoms with E-state index in [0.29, 0.717) is 5.92 Å². The average Bonchev–Trinajstić information content (AvgIpc) is 2.64. The largest absolute Gasteiger partial charge is 0.462 e. The smallest absolute Gasteiger partial charge is 0.309 e. The van der Waals surface area contributed by atoms with Crippen molar-refractivity contribution in [1.29, 1.82) is 0 Å². The van der Waals surface area contributed by atoms with Crippen molar-refractivity contribution < 1.29 is 9.53 Å². The molecule has 1 aromatic heterocycles. The Morgan fingerprint density at radius 2 is 2.26 bits per heavy atom. The number of hydrogen-bond acceptors (Lipinski definition) is 3. The van der Waals surface area contributed by atoms with E-state index in [-0.39, 0.29) is 23.4 Å². The number of carbonyl (C=O) groups excluding carboxylic acids is 1. The van der Waals surface area contributed by atoms with Gasteiger partial charge in [-0.05, 0) is 48.8 Å². The number of esters is 1. The number of aromatic nitrogens is 1. The first-order chi connectivity index (χ1) is 9.01. The maximum Gasteiger partial charge on any atom is 0.309 e. The maximum atomic E-state index is 11.7. The van der Waals surface area contributed by atoms with Crippen LogP contribution in [0.25, 0.3) is 0 Å². The summed E-state index contributed by atoms with van der Waals surface area (Å²) in [7, 11) is 0. The predicted octanol–water partition coefficient (Wildman–Crippen LogP) is 3.01. The standard InChI is InChI=1S/C16H21NO2/c1-10-9-17-7-5-13(10)16(3)6-4-12-11(2)15(18)19-14(12)8-16/h5,7,9,11-12,14H,4,6,8H2,1-3H3/t11-,12?,14?,16?/m0/s1. The van der Waals surface area contributed by atoms with Crippen LogP contribution in [0, 0.1) is 18.8 Å². The Morgan fingerprint density at radius 3 is 3.00 bits per heavy atom. The van der Waals surface area contributed by atoms with Crippen LogP contribution in [-0.2, 0) is 14.9 Å². The Labute approximate surface area is 114 Å². The highest BCUT2D eigenvalue weighted by molar-refractivity contribution is 5.75. The summed E-state index contributed by atoms with van der Waals surface area (Å²) < 4.78 is 5.58. The third kappa shape index (κ3) is 1.96. The molecule has 0 amide bonds. The van der Waals surface area contributed by atoms with E-state index in [4.69, 9.17) is 4.74 Å². The molecule has 0 bridgehead atoms. The molecule has 3 nitrogen and oxygen atoms in total. The maximum absolute atomic E-state index is 11.7. The van der Waals surface area contributed by atoms with E-state index in [1.165, 1.54) is 11.1 Å². The molecule has 0 spiro atoms. The number of carbonyl (C=O) groups is 1. The van der Waals surface area contributed by atoms with Gasteiger partial charge in [0.25, 0.3) is 0 Å². The van der Waals surface area contributed by atoms with E-state index in [1.54, 1.807) is 0 Å². The molecule has 1 saturated carbocycles. The molecule has 3 heteroatoms. The van der Waals surface area contributed by atoms with Crippen molar-refractivity contribution in [1.82, 2.24) is 4.98 Å². The molecule has 0 radical (unpaired) electrons. The van der Waals surface area contributed by atoms with Crippen LogP contribution in [0.4, 0.5) is 0 Å². The topological polar surface area (TPSA) is 39.2 Å². The first-order valence-electron chi connectivity index (χ1n) is 7.13. The van der Waals surface area contributed by atoms with E-state index in [0.717, 1.165) is 19.3 Å². The van der Waals surface area contributed by atoms with Gasteiger partial charge in [0.2, 0.25) is 0 Å². The van der Waals surface area contributed by atoms with Crippen molar-refractivity contribution in [2.75, 3.05) is 0 Å². The fraction of sp³-hybridized carbons (Fsp3) is 0.625. The minimum atomic E-state index is -0.00861. The molecule has 0 aromatic carbocycles. The number of rotatable bonds is 1. The molecular formula is C16H21NO2. The van der Waals surface area contributed by atoms with E-state index >= 15 is 0 Å². The highest BCUT2D eigenvalue weighted by Crippen LogP contribution is 2.48. The second-order valence-corrected chi connectivity index (χ2v) is 6.42. The van der Waals surface area contributed by atoms with E-state index in [9.17, 15) is 4.79 Å². The van der Waals surface area contributed by atoms with Gasteiger partial charge < -0.3 is 4.74 Å². The van der Waals surface area contributed by atoms with Crippen LogP contribution in [-0.4, -0.2) is 17.1 Å². The summed E-state index contributed by atoms with van der Waals surface area (Å²) in [5, 5.41) is 0. The summed E-state index contributed by atoms with van der Waals surface area (Å²) in [5.41, 5.74) is 2.70. The average molecular weight is 259 g/mol. The minimum absolute atomic E-state index is 0.00861. The van der Waals surface area contributed by atoms with E-state index in [2.05, 4.69) is 24.9 Å². The summed E-state index contributed by atoms with van der Waals surface area (Å²) >= 11 is 0. The summed E-state index contributed by atoms with van der Waals surface area (Å²) in [4.78, 5) is 15.9. The van der Waals surface area contributed by atoms with Crippen LogP contribution < -0.4 is 0 Å². The second kappa shape index (κ2) is 4.32. The zero-order valence-electron chi connectivity index (χ0n) is 11.8. The highest BCUT2D eigenvalue weighted by atomic mass is 16.6. The normalized spacial score (nSPS) is 37.8. The lowest BCUT2D eigenvalue weighted by atomic mass is 9.64. The first kappa shape index (κ1) is 12.6. The Kier molecular flexibility index (Phi) is 2.88. The van der Waals surface area contributed by atoms with Gasteiger partial charge in [0.1, 0.15) is 6.10 Å². The number of nitrogens with zero attached hydrogens (tertiary/aromatic N) is 1. The predicted molar refractivity (Wildman–Crippen MR) is 72.7 cm³/mol. The van der Waals surface area contributed by atoms with Gasteiger partial charge in [-0.3, -0.25) is 9.78 Å². The Bertz CT molecular complexity index is 513. The third-order valence-electron chi connectivity index (χ3n) is 5.11. The molecule has 1 aromatic rings. The van der Waals surface area contributed by atoms with Crippen molar-refractivity contribution in [2.45, 2.75) is 51.6 Å². The number of ether oxygens (including phenoxy) is 1. The van der Waals surface area contributed by atoms with Gasteiger partial charge in [-0.25, -0.2) is 0 Å². The van der Waals surface area contributed by atoms with Gasteiger partial charge in [-0.15, -0.1) is 0 Å². The molecule has 3 rings (SSSR count). The molecule has 1 aliphatic heterocycles. The summed E-state index contributed by atoms with van der Waals surface area (Å²) in [6.45, 7) is 6.42. The van der Waals surface area contributed by atoms with E-state index in [1.807, 2.05) is 19.3 Å². The van der Waals surface area contributed by atoms with Crippen molar-refractivity contribution >= 4 is 5.97 Å². The highest BCUT2D eigenvalue weighted by Gasteiger charge is 2.49. The summed E-state index contributed by atoms with van der Waals surface area (Å²) in [5.74, 6) is 0.488. The molecule has 1 saturated heterocycles. The zero-order valence-corrected chi connectivity index (χ0v) is 11.8. The quantitative estimate of drug-likeness (QED) is 0.728. The van der Waals surface area contributed by atoms with Crippen LogP contribution in [0.1, 0.15) is 44.2 Å². The molecule has 0 N–H and O–H groups in total. The monoisotopic (exact) mass is 259 g/mol. The lowest BCUT2D eigenvalue weighted by Gasteiger charge is -2.40. The first-order valence-corrected chi connectivity index (χ1v) is 7.13.